The molecule has 1 aliphatic carbocycles. The number of hydrogen-bond acceptors (Lipinski definition) is 5. The van der Waals surface area contributed by atoms with Crippen molar-refractivity contribution in [2.75, 3.05) is 19.0 Å². The first-order chi connectivity index (χ1) is 7.81. The molecule has 0 saturated heterocycles. The van der Waals surface area contributed by atoms with E-state index in [0.29, 0.717) is 24.0 Å². The Hall–Kier alpha value is -1.36. The third kappa shape index (κ3) is 2.61. The highest BCUT2D eigenvalue weighted by Gasteiger charge is 2.29. The summed E-state index contributed by atoms with van der Waals surface area (Å²) < 4.78 is 10.5. The number of nitrogens with one attached hydrogen (secondary N) is 1. The maximum atomic E-state index is 5.49. The van der Waals surface area contributed by atoms with Crippen molar-refractivity contribution in [3.8, 4) is 5.88 Å². The van der Waals surface area contributed by atoms with Gasteiger partial charge in [-0.3, -0.25) is 0 Å². The van der Waals surface area contributed by atoms with Crippen LogP contribution in [-0.2, 0) is 4.74 Å². The van der Waals surface area contributed by atoms with Crippen LogP contribution < -0.4 is 10.1 Å². The van der Waals surface area contributed by atoms with Gasteiger partial charge in [0.1, 0.15) is 0 Å². The van der Waals surface area contributed by atoms with Crippen LogP contribution in [0.5, 0.6) is 5.88 Å². The van der Waals surface area contributed by atoms with Crippen LogP contribution in [0, 0.1) is 0 Å². The topological polar surface area (TPSA) is 56.3 Å². The van der Waals surface area contributed by atoms with Gasteiger partial charge in [-0.15, -0.1) is 0 Å². The molecule has 0 aliphatic heterocycles. The molecule has 1 fully saturated rings. The Morgan fingerprint density at radius 1 is 1.50 bits per heavy atom. The molecule has 1 saturated carbocycles. The fourth-order valence-electron chi connectivity index (χ4n) is 1.76. The predicted molar refractivity (Wildman–Crippen MR) is 60.6 cm³/mol. The largest absolute Gasteiger partial charge is 0.481 e. The number of ether oxygens (including phenoxy) is 2. The molecule has 5 heteroatoms. The molecule has 88 valence electrons. The van der Waals surface area contributed by atoms with E-state index in [-0.39, 0.29) is 0 Å². The van der Waals surface area contributed by atoms with E-state index in [9.17, 15) is 0 Å². The Morgan fingerprint density at radius 2 is 2.31 bits per heavy atom. The Kier molecular flexibility index (Phi) is 3.56. The molecule has 5 nitrogen and oxygen atoms in total. The SMILES string of the molecule is CCOC1CC(Nc2nccc(OC)n2)C1. The van der Waals surface area contributed by atoms with Crippen molar-refractivity contribution in [2.45, 2.75) is 31.9 Å². The smallest absolute Gasteiger partial charge is 0.226 e. The van der Waals surface area contributed by atoms with Crippen LogP contribution in [0.2, 0.25) is 0 Å². The van der Waals surface area contributed by atoms with Crippen molar-refractivity contribution >= 4 is 5.95 Å². The summed E-state index contributed by atoms with van der Waals surface area (Å²) in [6, 6.07) is 2.15. The summed E-state index contributed by atoms with van der Waals surface area (Å²) in [5.41, 5.74) is 0. The molecule has 0 unspecified atom stereocenters. The number of nitrogens with zero attached hydrogens (tertiary/aromatic N) is 2. The van der Waals surface area contributed by atoms with E-state index in [0.717, 1.165) is 19.4 Å². The van der Waals surface area contributed by atoms with E-state index in [4.69, 9.17) is 9.47 Å². The minimum atomic E-state index is 0.396. The van der Waals surface area contributed by atoms with E-state index >= 15 is 0 Å². The predicted octanol–water partition coefficient (Wildman–Crippen LogP) is 1.46. The fraction of sp³-hybridized carbons (Fsp3) is 0.636. The van der Waals surface area contributed by atoms with Crippen molar-refractivity contribution in [3.05, 3.63) is 12.3 Å². The number of hydrogen-bond donors (Lipinski definition) is 1. The molecule has 0 aromatic carbocycles. The summed E-state index contributed by atoms with van der Waals surface area (Å²) in [5, 5.41) is 3.26. The number of anilines is 1. The van der Waals surface area contributed by atoms with Crippen molar-refractivity contribution in [1.29, 1.82) is 0 Å². The van der Waals surface area contributed by atoms with E-state index in [1.165, 1.54) is 0 Å². The zero-order valence-electron chi connectivity index (χ0n) is 9.64. The van der Waals surface area contributed by atoms with E-state index in [1.54, 1.807) is 19.4 Å². The maximum absolute atomic E-state index is 5.49. The van der Waals surface area contributed by atoms with E-state index in [1.807, 2.05) is 6.92 Å². The summed E-state index contributed by atoms with van der Waals surface area (Å²) >= 11 is 0. The van der Waals surface area contributed by atoms with Crippen molar-refractivity contribution < 1.29 is 9.47 Å². The summed E-state index contributed by atoms with van der Waals surface area (Å²) in [6.07, 6.45) is 4.13. The van der Waals surface area contributed by atoms with Crippen LogP contribution in [-0.4, -0.2) is 35.8 Å². The molecule has 1 aromatic heterocycles. The summed E-state index contributed by atoms with van der Waals surface area (Å²) in [4.78, 5) is 8.34. The molecular weight excluding hydrogens is 206 g/mol. The fourth-order valence-corrected chi connectivity index (χ4v) is 1.76. The van der Waals surface area contributed by atoms with E-state index in [2.05, 4.69) is 15.3 Å². The lowest BCUT2D eigenvalue weighted by molar-refractivity contribution is 0.00284. The van der Waals surface area contributed by atoms with Gasteiger partial charge in [-0.05, 0) is 19.8 Å². The molecule has 0 radical (unpaired) electrons. The third-order valence-electron chi connectivity index (χ3n) is 2.67. The average Bonchev–Trinajstić information content (AvgIpc) is 2.27. The lowest BCUT2D eigenvalue weighted by Crippen LogP contribution is -2.41. The standard InChI is InChI=1S/C11H17N3O2/c1-3-16-9-6-8(7-9)13-11-12-5-4-10(14-11)15-2/h4-5,8-9H,3,6-7H2,1-2H3,(H,12,13,14). The minimum Gasteiger partial charge on any atom is -0.481 e. The summed E-state index contributed by atoms with van der Waals surface area (Å²) in [7, 11) is 1.60. The van der Waals surface area contributed by atoms with Crippen LogP contribution in [0.4, 0.5) is 5.95 Å². The molecule has 1 aromatic rings. The first-order valence-corrected chi connectivity index (χ1v) is 5.57. The van der Waals surface area contributed by atoms with Gasteiger partial charge in [0.2, 0.25) is 11.8 Å². The van der Waals surface area contributed by atoms with Crippen molar-refractivity contribution in [3.63, 3.8) is 0 Å². The molecule has 0 amide bonds. The Morgan fingerprint density at radius 3 is 3.00 bits per heavy atom. The second kappa shape index (κ2) is 5.12. The normalized spacial score (nSPS) is 23.6. The quantitative estimate of drug-likeness (QED) is 0.819. The molecule has 0 bridgehead atoms. The molecule has 0 atom stereocenters. The van der Waals surface area contributed by atoms with Crippen molar-refractivity contribution in [2.24, 2.45) is 0 Å². The second-order valence-corrected chi connectivity index (χ2v) is 3.81. The monoisotopic (exact) mass is 223 g/mol. The average molecular weight is 223 g/mol. The first-order valence-electron chi connectivity index (χ1n) is 5.57. The molecule has 1 heterocycles. The highest BCUT2D eigenvalue weighted by Crippen LogP contribution is 2.25. The van der Waals surface area contributed by atoms with Gasteiger partial charge in [-0.2, -0.15) is 4.98 Å². The maximum Gasteiger partial charge on any atom is 0.226 e. The van der Waals surface area contributed by atoms with Crippen LogP contribution in [0.1, 0.15) is 19.8 Å². The van der Waals surface area contributed by atoms with Gasteiger partial charge in [0.25, 0.3) is 0 Å². The summed E-state index contributed by atoms with van der Waals surface area (Å²) in [5.74, 6) is 1.21. The molecular formula is C11H17N3O2. The van der Waals surface area contributed by atoms with Gasteiger partial charge in [0.15, 0.2) is 0 Å². The number of methoxy groups -OCH3 is 1. The van der Waals surface area contributed by atoms with Gasteiger partial charge in [0.05, 0.1) is 13.2 Å². The van der Waals surface area contributed by atoms with Gasteiger partial charge in [0, 0.05) is 24.9 Å². The second-order valence-electron chi connectivity index (χ2n) is 3.81. The molecule has 0 spiro atoms. The Bertz CT molecular complexity index is 340. The van der Waals surface area contributed by atoms with Gasteiger partial charge in [-0.1, -0.05) is 0 Å². The Balaban J connectivity index is 1.82. The van der Waals surface area contributed by atoms with Gasteiger partial charge in [-0.25, -0.2) is 4.98 Å². The lowest BCUT2D eigenvalue weighted by atomic mass is 9.89. The molecule has 1 aliphatic rings. The van der Waals surface area contributed by atoms with Gasteiger partial charge < -0.3 is 14.8 Å². The number of aromatic nitrogens is 2. The molecule has 16 heavy (non-hydrogen) atoms. The Labute approximate surface area is 95.2 Å². The zero-order valence-corrected chi connectivity index (χ0v) is 9.64. The van der Waals surface area contributed by atoms with Crippen molar-refractivity contribution in [1.82, 2.24) is 9.97 Å². The lowest BCUT2D eigenvalue weighted by Gasteiger charge is -2.35. The third-order valence-corrected chi connectivity index (χ3v) is 2.67. The van der Waals surface area contributed by atoms with E-state index < -0.39 is 0 Å². The summed E-state index contributed by atoms with van der Waals surface area (Å²) in [6.45, 7) is 2.80. The zero-order chi connectivity index (χ0) is 11.4. The highest BCUT2D eigenvalue weighted by atomic mass is 16.5. The molecule has 1 N–H and O–H groups in total. The number of rotatable bonds is 5. The highest BCUT2D eigenvalue weighted by molar-refractivity contribution is 5.29. The van der Waals surface area contributed by atoms with Crippen LogP contribution in [0.15, 0.2) is 12.3 Å². The van der Waals surface area contributed by atoms with Gasteiger partial charge >= 0.3 is 0 Å². The van der Waals surface area contributed by atoms with Crippen LogP contribution in [0.3, 0.4) is 0 Å². The first kappa shape index (κ1) is 11.1. The molecule has 2 rings (SSSR count). The minimum absolute atomic E-state index is 0.396. The van der Waals surface area contributed by atoms with Crippen LogP contribution >= 0.6 is 0 Å². The van der Waals surface area contributed by atoms with Crippen LogP contribution in [0.25, 0.3) is 0 Å².